The lowest BCUT2D eigenvalue weighted by Gasteiger charge is -2.45. The maximum atomic E-state index is 13.7. The van der Waals surface area contributed by atoms with Crippen molar-refractivity contribution in [1.29, 1.82) is 0 Å². The fourth-order valence-electron chi connectivity index (χ4n) is 6.04. The van der Waals surface area contributed by atoms with E-state index < -0.39 is 66.5 Å². The number of nitrogens with zero attached hydrogens (tertiary/aromatic N) is 1. The molecule has 0 aliphatic heterocycles. The van der Waals surface area contributed by atoms with Crippen molar-refractivity contribution in [2.45, 2.75) is 56.7 Å². The van der Waals surface area contributed by atoms with Crippen LogP contribution in [-0.4, -0.2) is 75.9 Å². The highest BCUT2D eigenvalue weighted by Crippen LogP contribution is 2.45. The number of amides is 1. The third-order valence-electron chi connectivity index (χ3n) is 8.19. The van der Waals surface area contributed by atoms with Crippen LogP contribution in [0.3, 0.4) is 0 Å². The molecule has 0 bridgehead atoms. The molecule has 0 radical (unpaired) electrons. The van der Waals surface area contributed by atoms with Crippen molar-refractivity contribution < 1.29 is 43.7 Å². The van der Waals surface area contributed by atoms with Gasteiger partial charge in [0.25, 0.3) is 0 Å². The van der Waals surface area contributed by atoms with Gasteiger partial charge in [-0.1, -0.05) is 91.5 Å². The van der Waals surface area contributed by atoms with Crippen molar-refractivity contribution >= 4 is 29.8 Å². The summed E-state index contributed by atoms with van der Waals surface area (Å²) >= 11 is 0. The Hall–Kier alpha value is -5.29. The van der Waals surface area contributed by atoms with Crippen molar-refractivity contribution in [3.63, 3.8) is 0 Å². The van der Waals surface area contributed by atoms with Crippen molar-refractivity contribution in [2.24, 2.45) is 0 Å². The Bertz CT molecular complexity index is 1590. The number of nitrogens with one attached hydrogen (secondary N) is 1. The lowest BCUT2D eigenvalue weighted by atomic mass is 9.88. The summed E-state index contributed by atoms with van der Waals surface area (Å²) in [4.78, 5) is 65.7. The number of benzene rings is 3. The molecule has 0 fully saturated rings. The summed E-state index contributed by atoms with van der Waals surface area (Å²) in [5.41, 5.74) is 2.24. The first-order chi connectivity index (χ1) is 22.5. The van der Waals surface area contributed by atoms with Crippen molar-refractivity contribution in [2.75, 3.05) is 13.3 Å². The number of carbonyl (C=O) groups is 5. The number of hydrogen-bond acceptors (Lipinski definition) is 8. The first-order valence-electron chi connectivity index (χ1n) is 15.1. The highest BCUT2D eigenvalue weighted by molar-refractivity contribution is 5.93. The fraction of sp³-hybridized carbons (Fsp3) is 0.306. The number of esters is 2. The van der Waals surface area contributed by atoms with E-state index in [9.17, 15) is 34.2 Å². The molecule has 3 aromatic carbocycles. The van der Waals surface area contributed by atoms with E-state index >= 15 is 0 Å². The molecule has 4 rings (SSSR count). The Labute approximate surface area is 272 Å². The summed E-state index contributed by atoms with van der Waals surface area (Å²) in [6.45, 7) is 5.71. The van der Waals surface area contributed by atoms with Crippen LogP contribution in [0.1, 0.15) is 49.3 Å². The number of carbonyl (C=O) groups excluding carboxylic acids is 3. The predicted molar refractivity (Wildman–Crippen MR) is 172 cm³/mol. The second-order valence-corrected chi connectivity index (χ2v) is 11.6. The third-order valence-corrected chi connectivity index (χ3v) is 8.19. The van der Waals surface area contributed by atoms with Crippen LogP contribution < -0.4 is 5.32 Å². The zero-order valence-corrected chi connectivity index (χ0v) is 26.3. The van der Waals surface area contributed by atoms with Crippen LogP contribution in [0.2, 0.25) is 0 Å². The summed E-state index contributed by atoms with van der Waals surface area (Å²) in [7, 11) is 0. The molecule has 3 N–H and O–H groups in total. The molecular formula is C36H38N2O9. The molecule has 0 spiro atoms. The summed E-state index contributed by atoms with van der Waals surface area (Å²) < 4.78 is 10.5. The highest BCUT2D eigenvalue weighted by Gasteiger charge is 2.47. The number of aliphatic carboxylic acids is 2. The number of hydrogen-bond donors (Lipinski definition) is 3. The van der Waals surface area contributed by atoms with E-state index in [-0.39, 0.29) is 19.4 Å². The first-order valence-corrected chi connectivity index (χ1v) is 15.1. The van der Waals surface area contributed by atoms with Crippen LogP contribution in [-0.2, 0) is 39.9 Å². The zero-order valence-electron chi connectivity index (χ0n) is 26.3. The van der Waals surface area contributed by atoms with E-state index in [2.05, 4.69) is 11.9 Å². The van der Waals surface area contributed by atoms with E-state index in [0.717, 1.165) is 27.2 Å². The number of carboxylic acids is 2. The van der Waals surface area contributed by atoms with Crippen LogP contribution >= 0.6 is 0 Å². The van der Waals surface area contributed by atoms with Crippen LogP contribution in [0, 0.1) is 0 Å². The van der Waals surface area contributed by atoms with Crippen molar-refractivity contribution in [3.05, 3.63) is 108 Å². The molecule has 1 aliphatic rings. The minimum absolute atomic E-state index is 0.0598. The van der Waals surface area contributed by atoms with E-state index in [4.69, 9.17) is 9.47 Å². The molecule has 11 nitrogen and oxygen atoms in total. The summed E-state index contributed by atoms with van der Waals surface area (Å²) in [6.07, 6.45) is 0.452. The maximum absolute atomic E-state index is 13.7. The van der Waals surface area contributed by atoms with Gasteiger partial charge in [-0.25, -0.2) is 4.79 Å². The molecule has 3 aromatic rings. The van der Waals surface area contributed by atoms with Crippen LogP contribution in [0.25, 0.3) is 11.1 Å². The molecule has 0 heterocycles. The van der Waals surface area contributed by atoms with Gasteiger partial charge in [0.2, 0.25) is 5.91 Å². The molecule has 11 heteroatoms. The lowest BCUT2D eigenvalue weighted by Crippen LogP contribution is -2.67. The van der Waals surface area contributed by atoms with Crippen LogP contribution in [0.5, 0.6) is 0 Å². The molecule has 1 amide bonds. The van der Waals surface area contributed by atoms with Gasteiger partial charge in [-0.2, -0.15) is 0 Å². The number of fused-ring (bicyclic) bond motifs is 3. The predicted octanol–water partition coefficient (Wildman–Crippen LogP) is 4.15. The van der Waals surface area contributed by atoms with Gasteiger partial charge in [-0.3, -0.25) is 24.5 Å². The standard InChI is InChI=1S/C36H38N2O9/c1-4-20-46-30(40)19-18-29(39)38(28(33(41)42)21-23-12-6-5-7-13-23)36(2,3)32(34(43)44)37-22-47-35(45)31-26-16-10-8-14-24(26)25-15-9-11-17-27(25)31/h4-17,28,31-32,37H,1,18-22H2,2-3H3,(H,41,42)(H,43,44)/t28-,32+/m0/s1. The van der Waals surface area contributed by atoms with Gasteiger partial charge >= 0.3 is 23.9 Å². The van der Waals surface area contributed by atoms with E-state index in [1.807, 2.05) is 48.5 Å². The SMILES string of the molecule is C=CCOC(=O)CCC(=O)N([C@@H](Cc1ccccc1)C(=O)O)C(C)(C)[C@H](NCOC(=O)C1c2ccccc2-c2ccccc21)C(=O)O. The minimum atomic E-state index is -1.70. The topological polar surface area (TPSA) is 160 Å². The maximum Gasteiger partial charge on any atom is 0.326 e. The van der Waals surface area contributed by atoms with E-state index in [1.165, 1.54) is 19.9 Å². The van der Waals surface area contributed by atoms with Gasteiger partial charge in [0.1, 0.15) is 31.3 Å². The van der Waals surface area contributed by atoms with Gasteiger partial charge in [0, 0.05) is 12.8 Å². The molecular weight excluding hydrogens is 604 g/mol. The van der Waals surface area contributed by atoms with E-state index in [1.54, 1.807) is 30.3 Å². The Balaban J connectivity index is 1.57. The second kappa shape index (κ2) is 15.3. The number of carboxylic acid groups (broad SMARTS) is 2. The molecule has 2 atom stereocenters. The molecule has 1 aliphatic carbocycles. The van der Waals surface area contributed by atoms with Gasteiger partial charge in [-0.15, -0.1) is 0 Å². The summed E-state index contributed by atoms with van der Waals surface area (Å²) in [5, 5.41) is 23.4. The monoisotopic (exact) mass is 642 g/mol. The molecule has 0 saturated heterocycles. The zero-order chi connectivity index (χ0) is 34.1. The van der Waals surface area contributed by atoms with Crippen molar-refractivity contribution in [1.82, 2.24) is 10.2 Å². The Kier molecular flexibility index (Phi) is 11.3. The molecule has 0 saturated carbocycles. The van der Waals surface area contributed by atoms with Crippen LogP contribution in [0.15, 0.2) is 91.5 Å². The Morgan fingerprint density at radius 2 is 1.43 bits per heavy atom. The average molecular weight is 643 g/mol. The molecule has 0 unspecified atom stereocenters. The second-order valence-electron chi connectivity index (χ2n) is 11.6. The normalized spacial score (nSPS) is 13.4. The van der Waals surface area contributed by atoms with Gasteiger partial charge < -0.3 is 24.6 Å². The smallest absolute Gasteiger partial charge is 0.326 e. The Morgan fingerprint density at radius 1 is 0.851 bits per heavy atom. The molecule has 0 aromatic heterocycles. The Morgan fingerprint density at radius 3 is 1.98 bits per heavy atom. The largest absolute Gasteiger partial charge is 0.480 e. The lowest BCUT2D eigenvalue weighted by molar-refractivity contribution is -0.162. The van der Waals surface area contributed by atoms with E-state index in [0.29, 0.717) is 5.56 Å². The first kappa shape index (κ1) is 34.6. The number of ether oxygens (including phenoxy) is 2. The number of rotatable bonds is 16. The summed E-state index contributed by atoms with van der Waals surface area (Å²) in [6, 6.07) is 20.4. The van der Waals surface area contributed by atoms with Crippen molar-refractivity contribution in [3.8, 4) is 11.1 Å². The van der Waals surface area contributed by atoms with Gasteiger partial charge in [0.15, 0.2) is 0 Å². The minimum Gasteiger partial charge on any atom is -0.480 e. The van der Waals surface area contributed by atoms with Gasteiger partial charge in [-0.05, 0) is 41.7 Å². The third kappa shape index (κ3) is 7.93. The fourth-order valence-corrected chi connectivity index (χ4v) is 6.04. The highest BCUT2D eigenvalue weighted by atomic mass is 16.5. The average Bonchev–Trinajstić information content (AvgIpc) is 3.39. The molecule has 246 valence electrons. The summed E-state index contributed by atoms with van der Waals surface area (Å²) in [5.74, 6) is -5.55. The molecule has 47 heavy (non-hydrogen) atoms. The van der Waals surface area contributed by atoms with Gasteiger partial charge in [0.05, 0.1) is 12.0 Å². The quantitative estimate of drug-likeness (QED) is 0.118. The van der Waals surface area contributed by atoms with Crippen LogP contribution in [0.4, 0.5) is 0 Å².